The summed E-state index contributed by atoms with van der Waals surface area (Å²) in [4.78, 5) is 16.7. The summed E-state index contributed by atoms with van der Waals surface area (Å²) in [7, 11) is 0. The summed E-state index contributed by atoms with van der Waals surface area (Å²) in [5.74, 6) is 0.834. The van der Waals surface area contributed by atoms with E-state index in [1.807, 2.05) is 37.3 Å². The number of halogens is 1. The second-order valence-corrected chi connectivity index (χ2v) is 4.62. The molecule has 0 saturated heterocycles. The number of aromatic nitrogens is 4. The SMILES string of the molecule is CCNc1nc(Cl)nc(Nc2cccc3ncccc23)n1. The zero-order chi connectivity index (χ0) is 14.7. The molecule has 2 aromatic heterocycles. The average molecular weight is 301 g/mol. The van der Waals surface area contributed by atoms with Gasteiger partial charge in [-0.25, -0.2) is 0 Å². The van der Waals surface area contributed by atoms with Gasteiger partial charge < -0.3 is 10.6 Å². The van der Waals surface area contributed by atoms with Crippen molar-refractivity contribution in [2.45, 2.75) is 6.92 Å². The Morgan fingerprint density at radius 3 is 2.76 bits per heavy atom. The summed E-state index contributed by atoms with van der Waals surface area (Å²) in [6.07, 6.45) is 1.76. The van der Waals surface area contributed by atoms with Crippen LogP contribution >= 0.6 is 11.6 Å². The van der Waals surface area contributed by atoms with Crippen LogP contribution < -0.4 is 10.6 Å². The molecule has 2 heterocycles. The second-order valence-electron chi connectivity index (χ2n) is 4.28. The van der Waals surface area contributed by atoms with E-state index in [-0.39, 0.29) is 5.28 Å². The molecule has 3 rings (SSSR count). The normalized spacial score (nSPS) is 10.6. The van der Waals surface area contributed by atoms with E-state index in [0.717, 1.165) is 16.6 Å². The van der Waals surface area contributed by atoms with Crippen LogP contribution in [0.5, 0.6) is 0 Å². The molecule has 0 unspecified atom stereocenters. The van der Waals surface area contributed by atoms with E-state index in [1.165, 1.54) is 0 Å². The molecule has 6 nitrogen and oxygen atoms in total. The quantitative estimate of drug-likeness (QED) is 0.770. The summed E-state index contributed by atoms with van der Waals surface area (Å²) in [6, 6.07) is 9.68. The molecule has 1 aromatic carbocycles. The molecule has 0 amide bonds. The molecule has 0 spiro atoms. The minimum absolute atomic E-state index is 0.141. The predicted molar refractivity (Wildman–Crippen MR) is 84.0 cm³/mol. The predicted octanol–water partition coefficient (Wildman–Crippen LogP) is 3.25. The number of hydrogen-bond donors (Lipinski definition) is 2. The van der Waals surface area contributed by atoms with Gasteiger partial charge in [-0.1, -0.05) is 6.07 Å². The third-order valence-corrected chi connectivity index (χ3v) is 3.00. The highest BCUT2D eigenvalue weighted by molar-refractivity contribution is 6.28. The number of rotatable bonds is 4. The summed E-state index contributed by atoms with van der Waals surface area (Å²) >= 11 is 5.92. The molecular formula is C14H13ClN6. The van der Waals surface area contributed by atoms with Crippen LogP contribution in [0.3, 0.4) is 0 Å². The summed E-state index contributed by atoms with van der Waals surface area (Å²) in [6.45, 7) is 2.67. The molecule has 0 bridgehead atoms. The van der Waals surface area contributed by atoms with Crippen LogP contribution in [0.1, 0.15) is 6.92 Å². The fourth-order valence-corrected chi connectivity index (χ4v) is 2.14. The molecule has 2 N–H and O–H groups in total. The number of hydrogen-bond acceptors (Lipinski definition) is 6. The number of nitrogens with zero attached hydrogens (tertiary/aromatic N) is 4. The minimum atomic E-state index is 0.141. The number of anilines is 3. The van der Waals surface area contributed by atoms with Crippen molar-refractivity contribution in [3.8, 4) is 0 Å². The second kappa shape index (κ2) is 5.88. The van der Waals surface area contributed by atoms with Crippen molar-refractivity contribution in [3.05, 3.63) is 41.8 Å². The number of fused-ring (bicyclic) bond motifs is 1. The summed E-state index contributed by atoms with van der Waals surface area (Å²) < 4.78 is 0. The highest BCUT2D eigenvalue weighted by Crippen LogP contribution is 2.24. The molecule has 21 heavy (non-hydrogen) atoms. The van der Waals surface area contributed by atoms with Gasteiger partial charge in [0.15, 0.2) is 0 Å². The number of nitrogens with one attached hydrogen (secondary N) is 2. The van der Waals surface area contributed by atoms with Crippen LogP contribution in [0.25, 0.3) is 10.9 Å². The largest absolute Gasteiger partial charge is 0.354 e. The maximum atomic E-state index is 5.92. The Balaban J connectivity index is 1.98. The zero-order valence-electron chi connectivity index (χ0n) is 11.3. The summed E-state index contributed by atoms with van der Waals surface area (Å²) in [5, 5.41) is 7.30. The minimum Gasteiger partial charge on any atom is -0.354 e. The van der Waals surface area contributed by atoms with Crippen molar-refractivity contribution < 1.29 is 0 Å². The van der Waals surface area contributed by atoms with Crippen molar-refractivity contribution in [2.24, 2.45) is 0 Å². The number of pyridine rings is 1. The number of benzene rings is 1. The lowest BCUT2D eigenvalue weighted by molar-refractivity contribution is 1.02. The molecule has 0 aliphatic rings. The van der Waals surface area contributed by atoms with Crippen LogP contribution in [0.15, 0.2) is 36.5 Å². The van der Waals surface area contributed by atoms with Gasteiger partial charge in [0.05, 0.1) is 11.2 Å². The highest BCUT2D eigenvalue weighted by atomic mass is 35.5. The maximum Gasteiger partial charge on any atom is 0.233 e. The monoisotopic (exact) mass is 300 g/mol. The van der Waals surface area contributed by atoms with Crippen LogP contribution in [0.4, 0.5) is 17.6 Å². The molecule has 0 fully saturated rings. The Kier molecular flexibility index (Phi) is 3.79. The van der Waals surface area contributed by atoms with E-state index in [0.29, 0.717) is 18.4 Å². The fourth-order valence-electron chi connectivity index (χ4n) is 1.98. The fraction of sp³-hybridized carbons (Fsp3) is 0.143. The Bertz CT molecular complexity index is 771. The zero-order valence-corrected chi connectivity index (χ0v) is 12.1. The first kappa shape index (κ1) is 13.5. The van der Waals surface area contributed by atoms with Crippen LogP contribution in [0, 0.1) is 0 Å². The Morgan fingerprint density at radius 1 is 1.05 bits per heavy atom. The average Bonchev–Trinajstić information content (AvgIpc) is 2.47. The van der Waals surface area contributed by atoms with E-state index in [4.69, 9.17) is 11.6 Å². The topological polar surface area (TPSA) is 75.6 Å². The van der Waals surface area contributed by atoms with E-state index >= 15 is 0 Å². The third-order valence-electron chi connectivity index (χ3n) is 2.84. The molecular weight excluding hydrogens is 288 g/mol. The molecule has 0 radical (unpaired) electrons. The lowest BCUT2D eigenvalue weighted by Gasteiger charge is -2.09. The van der Waals surface area contributed by atoms with E-state index in [2.05, 4.69) is 30.6 Å². The van der Waals surface area contributed by atoms with Gasteiger partial charge in [-0.15, -0.1) is 0 Å². The maximum absolute atomic E-state index is 5.92. The first-order chi connectivity index (χ1) is 10.3. The Morgan fingerprint density at radius 2 is 1.90 bits per heavy atom. The summed E-state index contributed by atoms with van der Waals surface area (Å²) in [5.41, 5.74) is 1.76. The van der Waals surface area contributed by atoms with Crippen molar-refractivity contribution in [1.82, 2.24) is 19.9 Å². The van der Waals surface area contributed by atoms with Crippen LogP contribution in [-0.2, 0) is 0 Å². The van der Waals surface area contributed by atoms with Gasteiger partial charge in [0.25, 0.3) is 0 Å². The van der Waals surface area contributed by atoms with Crippen molar-refractivity contribution >= 4 is 40.1 Å². The van der Waals surface area contributed by atoms with E-state index < -0.39 is 0 Å². The standard InChI is InChI=1S/C14H13ClN6/c1-2-16-13-19-12(15)20-14(21-13)18-11-7-3-6-10-9(11)5-4-8-17-10/h3-8H,2H2,1H3,(H2,16,18,19,20,21). The lowest BCUT2D eigenvalue weighted by atomic mass is 10.2. The molecule has 106 valence electrons. The van der Waals surface area contributed by atoms with Gasteiger partial charge in [0.1, 0.15) is 0 Å². The molecule has 0 aliphatic carbocycles. The Labute approximate surface area is 126 Å². The van der Waals surface area contributed by atoms with Gasteiger partial charge in [0.2, 0.25) is 17.2 Å². The van der Waals surface area contributed by atoms with Crippen molar-refractivity contribution in [3.63, 3.8) is 0 Å². The highest BCUT2D eigenvalue weighted by Gasteiger charge is 2.07. The first-order valence-electron chi connectivity index (χ1n) is 6.52. The Hall–Kier alpha value is -2.47. The van der Waals surface area contributed by atoms with Gasteiger partial charge in [-0.2, -0.15) is 15.0 Å². The van der Waals surface area contributed by atoms with Gasteiger partial charge in [0, 0.05) is 18.1 Å². The molecule has 7 heteroatoms. The molecule has 0 atom stereocenters. The van der Waals surface area contributed by atoms with Crippen molar-refractivity contribution in [1.29, 1.82) is 0 Å². The van der Waals surface area contributed by atoms with E-state index in [1.54, 1.807) is 6.20 Å². The van der Waals surface area contributed by atoms with Gasteiger partial charge in [-0.3, -0.25) is 4.98 Å². The van der Waals surface area contributed by atoms with Crippen LogP contribution in [0.2, 0.25) is 5.28 Å². The third kappa shape index (κ3) is 3.00. The van der Waals surface area contributed by atoms with Crippen LogP contribution in [-0.4, -0.2) is 26.5 Å². The van der Waals surface area contributed by atoms with Gasteiger partial charge >= 0.3 is 0 Å². The smallest absolute Gasteiger partial charge is 0.233 e. The molecule has 3 aromatic rings. The van der Waals surface area contributed by atoms with E-state index in [9.17, 15) is 0 Å². The lowest BCUT2D eigenvalue weighted by Crippen LogP contribution is -2.06. The van der Waals surface area contributed by atoms with Gasteiger partial charge in [-0.05, 0) is 42.8 Å². The van der Waals surface area contributed by atoms with Crippen molar-refractivity contribution in [2.75, 3.05) is 17.2 Å². The molecule has 0 saturated carbocycles. The first-order valence-corrected chi connectivity index (χ1v) is 6.90. The molecule has 0 aliphatic heterocycles.